The topological polar surface area (TPSA) is 68.8 Å². The highest BCUT2D eigenvalue weighted by molar-refractivity contribution is 5.91. The van der Waals surface area contributed by atoms with Gasteiger partial charge in [-0.2, -0.15) is 0 Å². The van der Waals surface area contributed by atoms with Gasteiger partial charge in [0.2, 0.25) is 11.7 Å². The molecule has 1 atom stereocenters. The van der Waals surface area contributed by atoms with Crippen LogP contribution in [-0.4, -0.2) is 40.3 Å². The van der Waals surface area contributed by atoms with Crippen LogP contribution >= 0.6 is 0 Å². The van der Waals surface area contributed by atoms with E-state index in [9.17, 15) is 4.79 Å². The van der Waals surface area contributed by atoms with Crippen LogP contribution in [0.25, 0.3) is 0 Å². The quantitative estimate of drug-likeness (QED) is 0.801. The number of ether oxygens (including phenoxy) is 3. The first-order valence-corrected chi connectivity index (χ1v) is 8.39. The molecule has 0 bridgehead atoms. The molecule has 0 aromatic heterocycles. The van der Waals surface area contributed by atoms with E-state index in [0.29, 0.717) is 41.2 Å². The third-order valence-electron chi connectivity index (χ3n) is 4.64. The van der Waals surface area contributed by atoms with Gasteiger partial charge in [0.15, 0.2) is 11.5 Å². The van der Waals surface area contributed by atoms with Gasteiger partial charge in [0.25, 0.3) is 0 Å². The van der Waals surface area contributed by atoms with Gasteiger partial charge in [0.05, 0.1) is 21.3 Å². The number of hydrogen-bond donors (Lipinski definition) is 2. The maximum Gasteiger partial charge on any atom is 0.224 e. The standard InChI is InChI=1S/C18H28N2O4/c1-12(13-5-7-19-8-6-13)9-17(21)20-14-10-15(22-2)18(24-4)16(11-14)23-3/h10-13,19H,5-9H2,1-4H3,(H,20,21). The molecule has 6 heteroatoms. The second-order valence-electron chi connectivity index (χ2n) is 6.23. The minimum Gasteiger partial charge on any atom is -0.493 e. The Balaban J connectivity index is 2.02. The molecule has 1 amide bonds. The van der Waals surface area contributed by atoms with Gasteiger partial charge in [-0.3, -0.25) is 4.79 Å². The fraction of sp³-hybridized carbons (Fsp3) is 0.611. The first-order chi connectivity index (χ1) is 11.6. The number of amides is 1. The molecule has 1 aliphatic heterocycles. The van der Waals surface area contributed by atoms with Gasteiger partial charge in [-0.15, -0.1) is 0 Å². The number of nitrogens with one attached hydrogen (secondary N) is 2. The molecule has 1 heterocycles. The van der Waals surface area contributed by atoms with Crippen LogP contribution in [0.3, 0.4) is 0 Å². The number of carbonyl (C=O) groups is 1. The lowest BCUT2D eigenvalue weighted by Crippen LogP contribution is -2.32. The third kappa shape index (κ3) is 4.54. The monoisotopic (exact) mass is 336 g/mol. The lowest BCUT2D eigenvalue weighted by atomic mass is 9.84. The Morgan fingerprint density at radius 3 is 2.25 bits per heavy atom. The Morgan fingerprint density at radius 2 is 1.75 bits per heavy atom. The fourth-order valence-corrected chi connectivity index (χ4v) is 3.24. The normalized spacial score (nSPS) is 16.3. The predicted octanol–water partition coefficient (Wildman–Crippen LogP) is 2.68. The average Bonchev–Trinajstić information content (AvgIpc) is 2.61. The van der Waals surface area contributed by atoms with E-state index in [1.807, 2.05) is 0 Å². The molecular weight excluding hydrogens is 308 g/mol. The number of carbonyl (C=O) groups excluding carboxylic acids is 1. The minimum atomic E-state index is 0.00954. The molecule has 1 saturated heterocycles. The van der Waals surface area contributed by atoms with E-state index in [1.165, 1.54) is 0 Å². The van der Waals surface area contributed by atoms with Crippen molar-refractivity contribution in [2.24, 2.45) is 11.8 Å². The molecule has 6 nitrogen and oxygen atoms in total. The van der Waals surface area contributed by atoms with Crippen LogP contribution in [0.1, 0.15) is 26.2 Å². The maximum atomic E-state index is 12.4. The molecule has 0 radical (unpaired) electrons. The molecule has 2 N–H and O–H groups in total. The van der Waals surface area contributed by atoms with Crippen molar-refractivity contribution in [3.63, 3.8) is 0 Å². The third-order valence-corrected chi connectivity index (χ3v) is 4.64. The van der Waals surface area contributed by atoms with Gasteiger partial charge >= 0.3 is 0 Å². The zero-order valence-electron chi connectivity index (χ0n) is 15.0. The molecule has 24 heavy (non-hydrogen) atoms. The summed E-state index contributed by atoms with van der Waals surface area (Å²) in [5.41, 5.74) is 0.645. The lowest BCUT2D eigenvalue weighted by molar-refractivity contribution is -0.117. The molecule has 1 unspecified atom stereocenters. The van der Waals surface area contributed by atoms with E-state index >= 15 is 0 Å². The van der Waals surface area contributed by atoms with Crippen LogP contribution in [0.4, 0.5) is 5.69 Å². The molecule has 0 spiro atoms. The van der Waals surface area contributed by atoms with Crippen LogP contribution in [0.5, 0.6) is 17.2 Å². The second kappa shape index (κ2) is 8.78. The number of rotatable bonds is 7. The van der Waals surface area contributed by atoms with Crippen molar-refractivity contribution in [1.82, 2.24) is 5.32 Å². The molecule has 1 fully saturated rings. The maximum absolute atomic E-state index is 12.4. The van der Waals surface area contributed by atoms with Crippen molar-refractivity contribution in [2.75, 3.05) is 39.7 Å². The van der Waals surface area contributed by atoms with Gasteiger partial charge in [-0.1, -0.05) is 6.92 Å². The van der Waals surface area contributed by atoms with E-state index in [1.54, 1.807) is 33.5 Å². The average molecular weight is 336 g/mol. The summed E-state index contributed by atoms with van der Waals surface area (Å²) in [6.07, 6.45) is 2.79. The highest BCUT2D eigenvalue weighted by Gasteiger charge is 2.22. The first-order valence-electron chi connectivity index (χ1n) is 8.39. The summed E-state index contributed by atoms with van der Waals surface area (Å²) in [6.45, 7) is 4.25. The molecule has 1 aromatic rings. The van der Waals surface area contributed by atoms with Crippen molar-refractivity contribution >= 4 is 11.6 Å². The van der Waals surface area contributed by atoms with Crippen LogP contribution < -0.4 is 24.8 Å². The van der Waals surface area contributed by atoms with Crippen molar-refractivity contribution in [3.8, 4) is 17.2 Å². The van der Waals surface area contributed by atoms with Crippen LogP contribution in [-0.2, 0) is 4.79 Å². The highest BCUT2D eigenvalue weighted by Crippen LogP contribution is 2.40. The zero-order chi connectivity index (χ0) is 17.5. The van der Waals surface area contributed by atoms with E-state index < -0.39 is 0 Å². The summed E-state index contributed by atoms with van der Waals surface area (Å²) in [7, 11) is 4.67. The fourth-order valence-electron chi connectivity index (χ4n) is 3.24. The van der Waals surface area contributed by atoms with Crippen molar-refractivity contribution in [1.29, 1.82) is 0 Å². The van der Waals surface area contributed by atoms with E-state index in [0.717, 1.165) is 25.9 Å². The molecule has 134 valence electrons. The van der Waals surface area contributed by atoms with Gasteiger partial charge in [0.1, 0.15) is 0 Å². The highest BCUT2D eigenvalue weighted by atomic mass is 16.5. The van der Waals surface area contributed by atoms with E-state index in [-0.39, 0.29) is 5.91 Å². The second-order valence-corrected chi connectivity index (χ2v) is 6.23. The van der Waals surface area contributed by atoms with Crippen molar-refractivity contribution in [2.45, 2.75) is 26.2 Å². The summed E-state index contributed by atoms with van der Waals surface area (Å²) >= 11 is 0. The zero-order valence-corrected chi connectivity index (χ0v) is 15.0. The molecule has 2 rings (SSSR count). The van der Waals surface area contributed by atoms with E-state index in [4.69, 9.17) is 14.2 Å². The van der Waals surface area contributed by atoms with Crippen molar-refractivity contribution < 1.29 is 19.0 Å². The smallest absolute Gasteiger partial charge is 0.224 e. The number of anilines is 1. The van der Waals surface area contributed by atoms with Crippen LogP contribution in [0.2, 0.25) is 0 Å². The Labute approximate surface area is 143 Å². The summed E-state index contributed by atoms with van der Waals surface area (Å²) in [4.78, 5) is 12.4. The number of piperidine rings is 1. The molecule has 1 aromatic carbocycles. The molecular formula is C18H28N2O4. The summed E-state index contributed by atoms with van der Waals surface area (Å²) in [5, 5.41) is 6.30. The van der Waals surface area contributed by atoms with E-state index in [2.05, 4.69) is 17.6 Å². The molecule has 0 aliphatic carbocycles. The first kappa shape index (κ1) is 18.4. The van der Waals surface area contributed by atoms with Gasteiger partial charge < -0.3 is 24.8 Å². The Hall–Kier alpha value is -1.95. The Kier molecular flexibility index (Phi) is 6.73. The molecule has 1 aliphatic rings. The SMILES string of the molecule is COc1cc(NC(=O)CC(C)C2CCNCC2)cc(OC)c1OC. The van der Waals surface area contributed by atoms with Gasteiger partial charge in [-0.25, -0.2) is 0 Å². The number of benzene rings is 1. The Morgan fingerprint density at radius 1 is 1.17 bits per heavy atom. The largest absolute Gasteiger partial charge is 0.493 e. The van der Waals surface area contributed by atoms with Gasteiger partial charge in [0, 0.05) is 24.2 Å². The summed E-state index contributed by atoms with van der Waals surface area (Å²) < 4.78 is 15.9. The summed E-state index contributed by atoms with van der Waals surface area (Å²) in [6, 6.07) is 3.49. The molecule has 0 saturated carbocycles. The number of hydrogen-bond acceptors (Lipinski definition) is 5. The summed E-state index contributed by atoms with van der Waals surface area (Å²) in [5.74, 6) is 2.56. The Bertz CT molecular complexity index is 531. The number of methoxy groups -OCH3 is 3. The lowest BCUT2D eigenvalue weighted by Gasteiger charge is -2.27. The predicted molar refractivity (Wildman–Crippen MR) is 94.1 cm³/mol. The van der Waals surface area contributed by atoms with Crippen LogP contribution in [0.15, 0.2) is 12.1 Å². The minimum absolute atomic E-state index is 0.00954. The van der Waals surface area contributed by atoms with Crippen molar-refractivity contribution in [3.05, 3.63) is 12.1 Å². The van der Waals surface area contributed by atoms with Crippen LogP contribution in [0, 0.1) is 11.8 Å². The van der Waals surface area contributed by atoms with Gasteiger partial charge in [-0.05, 0) is 37.8 Å².